The van der Waals surface area contributed by atoms with E-state index in [9.17, 15) is 13.2 Å². The molecule has 2 heterocycles. The standard InChI is InChI=1S/C19H23N3O5S/c1-26-18-8-7-16(28(20,24)25)11-17(18)19(23)22(13-15-6-4-10-27-15)12-14-5-2-3-9-21-14/h2-3,5,7-9,11,15H,4,6,10,12-13H2,1H3,(H2,20,24,25). The number of pyridine rings is 1. The molecule has 0 bridgehead atoms. The molecule has 8 nitrogen and oxygen atoms in total. The first kappa shape index (κ1) is 20.2. The normalized spacial score (nSPS) is 16.7. The van der Waals surface area contributed by atoms with Crippen LogP contribution in [-0.4, -0.2) is 50.6 Å². The van der Waals surface area contributed by atoms with E-state index in [0.29, 0.717) is 13.2 Å². The lowest BCUT2D eigenvalue weighted by atomic mass is 10.1. The van der Waals surface area contributed by atoms with Gasteiger partial charge in [-0.1, -0.05) is 6.07 Å². The van der Waals surface area contributed by atoms with Crippen LogP contribution in [0, 0.1) is 0 Å². The summed E-state index contributed by atoms with van der Waals surface area (Å²) < 4.78 is 34.4. The maximum Gasteiger partial charge on any atom is 0.258 e. The number of nitrogens with two attached hydrogens (primary N) is 1. The molecule has 1 aromatic carbocycles. The topological polar surface area (TPSA) is 112 Å². The number of ether oxygens (including phenoxy) is 2. The van der Waals surface area contributed by atoms with E-state index in [-0.39, 0.29) is 34.8 Å². The summed E-state index contributed by atoms with van der Waals surface area (Å²) in [4.78, 5) is 19.1. The highest BCUT2D eigenvalue weighted by Gasteiger charge is 2.27. The minimum Gasteiger partial charge on any atom is -0.496 e. The van der Waals surface area contributed by atoms with Crippen LogP contribution in [0.3, 0.4) is 0 Å². The second kappa shape index (κ2) is 8.68. The van der Waals surface area contributed by atoms with Gasteiger partial charge < -0.3 is 14.4 Å². The number of benzene rings is 1. The van der Waals surface area contributed by atoms with E-state index >= 15 is 0 Å². The molecule has 2 N–H and O–H groups in total. The molecule has 1 saturated heterocycles. The average Bonchev–Trinajstić information content (AvgIpc) is 3.19. The first-order valence-electron chi connectivity index (χ1n) is 8.90. The predicted octanol–water partition coefficient (Wildman–Crippen LogP) is 1.56. The highest BCUT2D eigenvalue weighted by molar-refractivity contribution is 7.89. The van der Waals surface area contributed by atoms with Crippen molar-refractivity contribution in [2.45, 2.75) is 30.4 Å². The number of carbonyl (C=O) groups is 1. The molecule has 28 heavy (non-hydrogen) atoms. The third kappa shape index (κ3) is 4.86. The molecule has 1 unspecified atom stereocenters. The van der Waals surface area contributed by atoms with E-state index in [0.717, 1.165) is 18.5 Å². The van der Waals surface area contributed by atoms with Crippen molar-refractivity contribution < 1.29 is 22.7 Å². The van der Waals surface area contributed by atoms with E-state index in [1.54, 1.807) is 17.2 Å². The first-order valence-corrected chi connectivity index (χ1v) is 10.4. The van der Waals surface area contributed by atoms with E-state index in [1.165, 1.54) is 25.3 Å². The van der Waals surface area contributed by atoms with Crippen molar-refractivity contribution in [3.63, 3.8) is 0 Å². The van der Waals surface area contributed by atoms with Gasteiger partial charge in [0.25, 0.3) is 5.91 Å². The Balaban J connectivity index is 1.95. The second-order valence-electron chi connectivity index (χ2n) is 6.55. The minimum atomic E-state index is -3.95. The van der Waals surface area contributed by atoms with Gasteiger partial charge in [-0.15, -0.1) is 0 Å². The third-order valence-electron chi connectivity index (χ3n) is 4.54. The van der Waals surface area contributed by atoms with Gasteiger partial charge in [-0.2, -0.15) is 0 Å². The Hall–Kier alpha value is -2.49. The number of hydrogen-bond donors (Lipinski definition) is 1. The summed E-state index contributed by atoms with van der Waals surface area (Å²) >= 11 is 0. The van der Waals surface area contributed by atoms with Crippen LogP contribution in [0.1, 0.15) is 28.9 Å². The van der Waals surface area contributed by atoms with Gasteiger partial charge in [0.2, 0.25) is 10.0 Å². The van der Waals surface area contributed by atoms with Crippen molar-refractivity contribution >= 4 is 15.9 Å². The van der Waals surface area contributed by atoms with Gasteiger partial charge in [0.15, 0.2) is 0 Å². The second-order valence-corrected chi connectivity index (χ2v) is 8.11. The molecule has 9 heteroatoms. The van der Waals surface area contributed by atoms with E-state index in [4.69, 9.17) is 14.6 Å². The molecule has 0 spiro atoms. The first-order chi connectivity index (χ1) is 13.4. The number of sulfonamides is 1. The van der Waals surface area contributed by atoms with Crippen molar-refractivity contribution in [1.29, 1.82) is 0 Å². The van der Waals surface area contributed by atoms with Gasteiger partial charge >= 0.3 is 0 Å². The molecule has 2 aromatic rings. The Morgan fingerprint density at radius 2 is 2.18 bits per heavy atom. The molecular formula is C19H23N3O5S. The lowest BCUT2D eigenvalue weighted by Crippen LogP contribution is -2.37. The van der Waals surface area contributed by atoms with Crippen LogP contribution < -0.4 is 9.88 Å². The zero-order chi connectivity index (χ0) is 20.1. The molecule has 0 radical (unpaired) electrons. The number of hydrogen-bond acceptors (Lipinski definition) is 6. The maximum atomic E-state index is 13.3. The molecule has 1 atom stereocenters. The summed E-state index contributed by atoms with van der Waals surface area (Å²) in [6.07, 6.45) is 3.40. The summed E-state index contributed by atoms with van der Waals surface area (Å²) in [5, 5.41) is 5.23. The van der Waals surface area contributed by atoms with Gasteiger partial charge in [-0.05, 0) is 43.2 Å². The number of methoxy groups -OCH3 is 1. The number of amides is 1. The smallest absolute Gasteiger partial charge is 0.258 e. The summed E-state index contributed by atoms with van der Waals surface area (Å²) in [5.74, 6) is -0.0979. The van der Waals surface area contributed by atoms with Crippen LogP contribution in [0.4, 0.5) is 0 Å². The number of nitrogens with zero attached hydrogens (tertiary/aromatic N) is 2. The highest BCUT2D eigenvalue weighted by Crippen LogP contribution is 2.25. The molecule has 0 saturated carbocycles. The van der Waals surface area contributed by atoms with Gasteiger partial charge in [0.1, 0.15) is 5.75 Å². The largest absolute Gasteiger partial charge is 0.496 e. The number of primary sulfonamides is 1. The van der Waals surface area contributed by atoms with Crippen LogP contribution >= 0.6 is 0 Å². The average molecular weight is 405 g/mol. The zero-order valence-electron chi connectivity index (χ0n) is 15.6. The van der Waals surface area contributed by atoms with E-state index in [1.807, 2.05) is 12.1 Å². The summed E-state index contributed by atoms with van der Waals surface area (Å²) in [7, 11) is -2.53. The molecule has 1 aromatic heterocycles. The van der Waals surface area contributed by atoms with Crippen LogP contribution in [0.5, 0.6) is 5.75 Å². The molecule has 150 valence electrons. The minimum absolute atomic E-state index is 0.0694. The van der Waals surface area contributed by atoms with Crippen molar-refractivity contribution in [3.05, 3.63) is 53.9 Å². The SMILES string of the molecule is COc1ccc(S(N)(=O)=O)cc1C(=O)N(Cc1ccccn1)CC1CCCO1. The molecule has 1 aliphatic rings. The van der Waals surface area contributed by atoms with Gasteiger partial charge in [-0.3, -0.25) is 9.78 Å². The lowest BCUT2D eigenvalue weighted by molar-refractivity contribution is 0.0502. The predicted molar refractivity (Wildman–Crippen MR) is 102 cm³/mol. The van der Waals surface area contributed by atoms with Crippen LogP contribution in [-0.2, 0) is 21.3 Å². The van der Waals surface area contributed by atoms with Gasteiger partial charge in [0.05, 0.1) is 35.9 Å². The van der Waals surface area contributed by atoms with E-state index < -0.39 is 10.0 Å². The summed E-state index contributed by atoms with van der Waals surface area (Å²) in [5.41, 5.74) is 0.846. The lowest BCUT2D eigenvalue weighted by Gasteiger charge is -2.26. The van der Waals surface area contributed by atoms with Crippen molar-refractivity contribution in [3.8, 4) is 5.75 Å². The summed E-state index contributed by atoms with van der Waals surface area (Å²) in [6.45, 7) is 1.31. The molecular weight excluding hydrogens is 382 g/mol. The quantitative estimate of drug-likeness (QED) is 0.748. The summed E-state index contributed by atoms with van der Waals surface area (Å²) in [6, 6.07) is 9.46. The fraction of sp³-hybridized carbons (Fsp3) is 0.368. The number of aromatic nitrogens is 1. The van der Waals surface area contributed by atoms with Crippen LogP contribution in [0.25, 0.3) is 0 Å². The molecule has 1 aliphatic heterocycles. The van der Waals surface area contributed by atoms with Gasteiger partial charge in [0, 0.05) is 19.3 Å². The monoisotopic (exact) mass is 405 g/mol. The Morgan fingerprint density at radius 1 is 1.36 bits per heavy atom. The fourth-order valence-corrected chi connectivity index (χ4v) is 3.68. The Morgan fingerprint density at radius 3 is 2.79 bits per heavy atom. The zero-order valence-corrected chi connectivity index (χ0v) is 16.4. The highest BCUT2D eigenvalue weighted by atomic mass is 32.2. The van der Waals surface area contributed by atoms with E-state index in [2.05, 4.69) is 4.98 Å². The Bertz CT molecular complexity index is 928. The fourth-order valence-electron chi connectivity index (χ4n) is 3.14. The molecule has 3 rings (SSSR count). The Labute approximate surface area is 164 Å². The Kier molecular flexibility index (Phi) is 6.28. The van der Waals surface area contributed by atoms with Gasteiger partial charge in [-0.25, -0.2) is 13.6 Å². The van der Waals surface area contributed by atoms with Crippen LogP contribution in [0.15, 0.2) is 47.5 Å². The van der Waals surface area contributed by atoms with Crippen molar-refractivity contribution in [1.82, 2.24) is 9.88 Å². The van der Waals surface area contributed by atoms with Crippen LogP contribution in [0.2, 0.25) is 0 Å². The number of carbonyl (C=O) groups excluding carboxylic acids is 1. The molecule has 1 amide bonds. The molecule has 0 aliphatic carbocycles. The third-order valence-corrected chi connectivity index (χ3v) is 5.46. The number of rotatable bonds is 7. The van der Waals surface area contributed by atoms with Crippen molar-refractivity contribution in [2.75, 3.05) is 20.3 Å². The van der Waals surface area contributed by atoms with Crippen molar-refractivity contribution in [2.24, 2.45) is 5.14 Å². The maximum absolute atomic E-state index is 13.3. The molecule has 1 fully saturated rings.